The van der Waals surface area contributed by atoms with Gasteiger partial charge in [0.25, 0.3) is 5.56 Å². The maximum Gasteiger partial charge on any atom is 0.341 e. The molecule has 164 valence electrons. The fourth-order valence-electron chi connectivity index (χ4n) is 3.45. The number of aromatic amines is 1. The highest BCUT2D eigenvalue weighted by Crippen LogP contribution is 2.27. The van der Waals surface area contributed by atoms with E-state index in [2.05, 4.69) is 20.3 Å². The summed E-state index contributed by atoms with van der Waals surface area (Å²) >= 11 is 1.39. The molecule has 0 saturated heterocycles. The molecule has 0 radical (unpaired) electrons. The van der Waals surface area contributed by atoms with Crippen molar-refractivity contribution >= 4 is 17.7 Å². The number of methoxy groups -OCH3 is 1. The van der Waals surface area contributed by atoms with Gasteiger partial charge in [-0.1, -0.05) is 36.4 Å². The molecule has 0 unspecified atom stereocenters. The molecule has 0 bridgehead atoms. The highest BCUT2D eigenvalue weighted by Gasteiger charge is 2.26. The number of nitrogens with zero attached hydrogens (tertiary/aromatic N) is 5. The summed E-state index contributed by atoms with van der Waals surface area (Å²) < 4.78 is 7.79. The number of nitrogens with one attached hydrogen (secondary N) is 1. The first-order valence-electron chi connectivity index (χ1n) is 10.00. The van der Waals surface area contributed by atoms with Crippen LogP contribution in [0.1, 0.15) is 15.9 Å². The number of carbonyl (C=O) groups is 1. The lowest BCUT2D eigenvalue weighted by atomic mass is 10.1. The second kappa shape index (κ2) is 8.40. The van der Waals surface area contributed by atoms with Crippen molar-refractivity contribution in [1.82, 2.24) is 29.5 Å². The van der Waals surface area contributed by atoms with E-state index in [9.17, 15) is 9.59 Å². The molecule has 1 aromatic heterocycles. The van der Waals surface area contributed by atoms with Gasteiger partial charge >= 0.3 is 5.97 Å². The fourth-order valence-corrected chi connectivity index (χ4v) is 4.17. The van der Waals surface area contributed by atoms with Crippen LogP contribution in [0, 0.1) is 6.92 Å². The van der Waals surface area contributed by atoms with Crippen LogP contribution in [0.25, 0.3) is 22.9 Å². The second-order valence-electron chi connectivity index (χ2n) is 7.19. The highest BCUT2D eigenvalue weighted by atomic mass is 32.2. The summed E-state index contributed by atoms with van der Waals surface area (Å²) in [6, 6.07) is 17.1. The fraction of sp³-hybridized carbons (Fsp3) is 0.0870. The summed E-state index contributed by atoms with van der Waals surface area (Å²) in [5.41, 5.74) is 1.83. The first-order valence-corrected chi connectivity index (χ1v) is 10.8. The van der Waals surface area contributed by atoms with E-state index < -0.39 is 5.97 Å². The number of rotatable bonds is 5. The second-order valence-corrected chi connectivity index (χ2v) is 8.23. The zero-order valence-electron chi connectivity index (χ0n) is 17.7. The molecule has 1 N–H and O–H groups in total. The molecule has 0 amide bonds. The number of pyridine rings is 1. The number of para-hydroxylation sites is 1. The standard InChI is InChI=1S/C23H18N6O3S/c1-14-8-6-7-11-18(14)29-20(30)16-12-28(13-17(19(16)27-29)21(31)32-2)22-24-23(26-25-22)33-15-9-4-3-5-10-15/h3-13H,1-2H3,(H,24,25,26). The molecule has 3 heterocycles. The highest BCUT2D eigenvalue weighted by molar-refractivity contribution is 7.99. The summed E-state index contributed by atoms with van der Waals surface area (Å²) in [6.07, 6.45) is 3.11. The van der Waals surface area contributed by atoms with Crippen molar-refractivity contribution in [3.05, 3.63) is 88.5 Å². The number of aryl methyl sites for hydroxylation is 1. The average Bonchev–Trinajstić information content (AvgIpc) is 3.43. The van der Waals surface area contributed by atoms with Crippen molar-refractivity contribution in [2.45, 2.75) is 17.0 Å². The molecule has 3 aromatic rings. The molecule has 0 fully saturated rings. The predicted molar refractivity (Wildman–Crippen MR) is 122 cm³/mol. The lowest BCUT2D eigenvalue weighted by Crippen LogP contribution is -2.16. The van der Waals surface area contributed by atoms with Gasteiger partial charge in [-0.15, -0.1) is 5.10 Å². The Morgan fingerprint density at radius 3 is 2.58 bits per heavy atom. The van der Waals surface area contributed by atoms with Gasteiger partial charge in [-0.25, -0.2) is 9.89 Å². The Morgan fingerprint density at radius 1 is 1.06 bits per heavy atom. The van der Waals surface area contributed by atoms with Crippen molar-refractivity contribution in [1.29, 1.82) is 0 Å². The Balaban J connectivity index is 1.63. The van der Waals surface area contributed by atoms with Gasteiger partial charge in [0, 0.05) is 17.3 Å². The molecule has 0 aliphatic carbocycles. The Bertz CT molecular complexity index is 1490. The Kier molecular flexibility index (Phi) is 5.27. The molecule has 2 aliphatic rings. The number of carbonyl (C=O) groups excluding carboxylic acids is 1. The lowest BCUT2D eigenvalue weighted by Gasteiger charge is -2.08. The zero-order valence-corrected chi connectivity index (χ0v) is 18.5. The summed E-state index contributed by atoms with van der Waals surface area (Å²) in [4.78, 5) is 31.3. The zero-order chi connectivity index (χ0) is 22.9. The number of H-pyrrole nitrogens is 1. The van der Waals surface area contributed by atoms with Crippen LogP contribution in [0.5, 0.6) is 0 Å². The van der Waals surface area contributed by atoms with Crippen molar-refractivity contribution < 1.29 is 9.53 Å². The van der Waals surface area contributed by atoms with Crippen LogP contribution in [0.15, 0.2) is 81.8 Å². The molecular weight excluding hydrogens is 440 g/mol. The summed E-state index contributed by atoms with van der Waals surface area (Å²) in [7, 11) is 1.28. The van der Waals surface area contributed by atoms with Gasteiger partial charge in [0.05, 0.1) is 18.4 Å². The van der Waals surface area contributed by atoms with Crippen molar-refractivity contribution in [2.75, 3.05) is 7.11 Å². The van der Waals surface area contributed by atoms with E-state index >= 15 is 0 Å². The average molecular weight is 459 g/mol. The Labute approximate surface area is 192 Å². The Morgan fingerprint density at radius 2 is 1.82 bits per heavy atom. The minimum atomic E-state index is -0.609. The van der Waals surface area contributed by atoms with Crippen LogP contribution in [-0.2, 0) is 4.74 Å². The summed E-state index contributed by atoms with van der Waals surface area (Å²) in [6.45, 7) is 1.89. The van der Waals surface area contributed by atoms with Crippen molar-refractivity contribution in [3.8, 4) is 22.9 Å². The molecule has 9 nitrogen and oxygen atoms in total. The van der Waals surface area contributed by atoms with Crippen molar-refractivity contribution in [2.24, 2.45) is 0 Å². The minimum absolute atomic E-state index is 0.146. The smallest absolute Gasteiger partial charge is 0.341 e. The molecule has 2 aromatic carbocycles. The van der Waals surface area contributed by atoms with Gasteiger partial charge < -0.3 is 4.74 Å². The summed E-state index contributed by atoms with van der Waals surface area (Å²) in [5, 5.41) is 12.0. The molecule has 0 spiro atoms. The Hall–Kier alpha value is -4.18. The normalized spacial score (nSPS) is 11.1. The van der Waals surface area contributed by atoms with Crippen LogP contribution < -0.4 is 5.56 Å². The number of hydrogen-bond donors (Lipinski definition) is 1. The van der Waals surface area contributed by atoms with Crippen LogP contribution in [0.3, 0.4) is 0 Å². The van der Waals surface area contributed by atoms with Crippen LogP contribution in [0.4, 0.5) is 0 Å². The first kappa shape index (κ1) is 20.7. The van der Waals surface area contributed by atoms with E-state index in [1.54, 1.807) is 16.8 Å². The molecule has 0 saturated carbocycles. The first-order chi connectivity index (χ1) is 16.0. The van der Waals surface area contributed by atoms with Gasteiger partial charge in [0.1, 0.15) is 11.3 Å². The minimum Gasteiger partial charge on any atom is -0.465 e. The molecule has 33 heavy (non-hydrogen) atoms. The topological polar surface area (TPSA) is 108 Å². The van der Waals surface area contributed by atoms with E-state index in [-0.39, 0.29) is 22.4 Å². The third-order valence-corrected chi connectivity index (χ3v) is 5.94. The molecular formula is C23H18N6O3S. The maximum atomic E-state index is 13.3. The van der Waals surface area contributed by atoms with Gasteiger partial charge in [-0.3, -0.25) is 9.36 Å². The molecule has 10 heteroatoms. The SMILES string of the molecule is COC(=O)c1cn(-c2nc(Sc3ccccc3)n[nH]2)cc2c(=O)n(-c3ccccc3C)nc1-2. The largest absolute Gasteiger partial charge is 0.465 e. The third kappa shape index (κ3) is 3.80. The number of hydrogen-bond acceptors (Lipinski definition) is 7. The number of ether oxygens (including phenoxy) is 1. The molecule has 2 aliphatic heterocycles. The quantitative estimate of drug-likeness (QED) is 0.402. The number of aromatic nitrogens is 6. The van der Waals surface area contributed by atoms with Crippen LogP contribution in [0.2, 0.25) is 0 Å². The van der Waals surface area contributed by atoms with E-state index in [1.807, 2.05) is 55.5 Å². The van der Waals surface area contributed by atoms with E-state index in [1.165, 1.54) is 29.8 Å². The van der Waals surface area contributed by atoms with E-state index in [0.717, 1.165) is 10.5 Å². The predicted octanol–water partition coefficient (Wildman–Crippen LogP) is 3.49. The third-order valence-electron chi connectivity index (χ3n) is 5.07. The van der Waals surface area contributed by atoms with Crippen LogP contribution in [-0.4, -0.2) is 42.6 Å². The van der Waals surface area contributed by atoms with E-state index in [0.29, 0.717) is 16.8 Å². The van der Waals surface area contributed by atoms with Gasteiger partial charge in [0.2, 0.25) is 11.1 Å². The number of benzene rings is 2. The monoisotopic (exact) mass is 458 g/mol. The maximum absolute atomic E-state index is 13.3. The number of fused-ring (bicyclic) bond motifs is 1. The number of esters is 1. The van der Waals surface area contributed by atoms with Gasteiger partial charge in [-0.2, -0.15) is 14.8 Å². The van der Waals surface area contributed by atoms with Crippen LogP contribution >= 0.6 is 11.8 Å². The lowest BCUT2D eigenvalue weighted by molar-refractivity contribution is 0.0600. The van der Waals surface area contributed by atoms with E-state index in [4.69, 9.17) is 4.74 Å². The molecule has 5 rings (SSSR count). The van der Waals surface area contributed by atoms with Crippen molar-refractivity contribution in [3.63, 3.8) is 0 Å². The van der Waals surface area contributed by atoms with Gasteiger partial charge in [0.15, 0.2) is 0 Å². The van der Waals surface area contributed by atoms with Gasteiger partial charge in [-0.05, 0) is 42.4 Å². The molecule has 0 atom stereocenters. The summed E-state index contributed by atoms with van der Waals surface area (Å²) in [5.74, 6) is -0.259.